The van der Waals surface area contributed by atoms with Gasteiger partial charge in [0.2, 0.25) is 5.95 Å². The van der Waals surface area contributed by atoms with Gasteiger partial charge in [-0.2, -0.15) is 4.98 Å². The number of hydrogen-bond acceptors (Lipinski definition) is 5. The Morgan fingerprint density at radius 3 is 2.56 bits per heavy atom. The molecular weight excluding hydrogens is 250 g/mol. The van der Waals surface area contributed by atoms with Gasteiger partial charge in [0.15, 0.2) is 0 Å². The number of nitrogens with one attached hydrogen (secondary N) is 1. The quantitative estimate of drug-likeness (QED) is 0.875. The van der Waals surface area contributed by atoms with Gasteiger partial charge < -0.3 is 16.0 Å². The van der Waals surface area contributed by atoms with Gasteiger partial charge in [-0.25, -0.2) is 4.98 Å². The van der Waals surface area contributed by atoms with Gasteiger partial charge in [-0.1, -0.05) is 0 Å². The highest BCUT2D eigenvalue weighted by molar-refractivity contribution is 5.85. The maximum Gasteiger partial charge on any atom is 0.224 e. The van der Waals surface area contributed by atoms with Crippen LogP contribution in [-0.4, -0.2) is 36.1 Å². The molecule has 18 heavy (non-hydrogen) atoms. The van der Waals surface area contributed by atoms with Crippen molar-refractivity contribution >= 4 is 24.2 Å². The molecule has 1 fully saturated rings. The van der Waals surface area contributed by atoms with Crippen molar-refractivity contribution < 1.29 is 0 Å². The second-order valence-corrected chi connectivity index (χ2v) is 4.89. The minimum atomic E-state index is 0. The van der Waals surface area contributed by atoms with Crippen molar-refractivity contribution in [2.24, 2.45) is 5.73 Å². The van der Waals surface area contributed by atoms with E-state index in [4.69, 9.17) is 5.73 Å². The molecule has 1 heterocycles. The second-order valence-electron chi connectivity index (χ2n) is 4.89. The number of halogens is 1. The lowest BCUT2D eigenvalue weighted by Crippen LogP contribution is -2.33. The molecular formula is C12H22ClN5. The molecule has 3 N–H and O–H groups in total. The summed E-state index contributed by atoms with van der Waals surface area (Å²) < 4.78 is 0. The molecule has 0 aromatic carbocycles. The van der Waals surface area contributed by atoms with Crippen molar-refractivity contribution in [3.63, 3.8) is 0 Å². The largest absolute Gasteiger partial charge is 0.363 e. The van der Waals surface area contributed by atoms with Gasteiger partial charge in [-0.05, 0) is 31.7 Å². The summed E-state index contributed by atoms with van der Waals surface area (Å²) in [5.74, 6) is 1.65. The zero-order chi connectivity index (χ0) is 12.3. The lowest BCUT2D eigenvalue weighted by molar-refractivity contribution is 0.410. The lowest BCUT2D eigenvalue weighted by Gasteiger charge is -2.27. The van der Waals surface area contributed by atoms with E-state index >= 15 is 0 Å². The van der Waals surface area contributed by atoms with Crippen LogP contribution < -0.4 is 16.0 Å². The molecule has 1 aliphatic rings. The maximum absolute atomic E-state index is 5.89. The zero-order valence-electron chi connectivity index (χ0n) is 11.0. The van der Waals surface area contributed by atoms with Gasteiger partial charge >= 0.3 is 0 Å². The van der Waals surface area contributed by atoms with Crippen LogP contribution in [0, 0.1) is 0 Å². The Kier molecular flexibility index (Phi) is 5.62. The molecule has 0 saturated heterocycles. The van der Waals surface area contributed by atoms with Gasteiger partial charge in [0.1, 0.15) is 5.82 Å². The van der Waals surface area contributed by atoms with Crippen LogP contribution in [0.3, 0.4) is 0 Å². The number of aromatic nitrogens is 2. The molecule has 0 atom stereocenters. The fraction of sp³-hybridized carbons (Fsp3) is 0.667. The molecule has 2 rings (SSSR count). The first-order chi connectivity index (χ1) is 8.15. The van der Waals surface area contributed by atoms with Crippen molar-refractivity contribution in [2.45, 2.75) is 37.8 Å². The van der Waals surface area contributed by atoms with E-state index in [9.17, 15) is 0 Å². The monoisotopic (exact) mass is 271 g/mol. The summed E-state index contributed by atoms with van der Waals surface area (Å²) in [5, 5.41) is 3.39. The molecule has 1 aliphatic carbocycles. The number of rotatable bonds is 3. The van der Waals surface area contributed by atoms with E-state index in [1.165, 1.54) is 0 Å². The number of nitrogens with two attached hydrogens (primary N) is 1. The molecule has 0 bridgehead atoms. The summed E-state index contributed by atoms with van der Waals surface area (Å²) in [7, 11) is 3.96. The Labute approximate surface area is 115 Å². The minimum absolute atomic E-state index is 0. The van der Waals surface area contributed by atoms with Crippen molar-refractivity contribution in [3.8, 4) is 0 Å². The van der Waals surface area contributed by atoms with Crippen LogP contribution in [0.5, 0.6) is 0 Å². The molecule has 0 amide bonds. The van der Waals surface area contributed by atoms with Crippen molar-refractivity contribution in [1.82, 2.24) is 9.97 Å². The summed E-state index contributed by atoms with van der Waals surface area (Å²) >= 11 is 0. The van der Waals surface area contributed by atoms with Gasteiger partial charge in [0.05, 0.1) is 0 Å². The zero-order valence-corrected chi connectivity index (χ0v) is 11.8. The van der Waals surface area contributed by atoms with Crippen LogP contribution in [0.25, 0.3) is 0 Å². The van der Waals surface area contributed by atoms with E-state index in [2.05, 4.69) is 15.3 Å². The Hall–Kier alpha value is -1.07. The molecule has 0 aliphatic heterocycles. The maximum atomic E-state index is 5.89. The Morgan fingerprint density at radius 1 is 1.28 bits per heavy atom. The number of nitrogens with zero attached hydrogens (tertiary/aromatic N) is 3. The summed E-state index contributed by atoms with van der Waals surface area (Å²) in [6, 6.07) is 2.75. The molecule has 6 heteroatoms. The van der Waals surface area contributed by atoms with Crippen molar-refractivity contribution in [2.75, 3.05) is 24.3 Å². The van der Waals surface area contributed by atoms with Crippen molar-refractivity contribution in [3.05, 3.63) is 12.3 Å². The first-order valence-corrected chi connectivity index (χ1v) is 6.17. The first kappa shape index (κ1) is 15.0. The van der Waals surface area contributed by atoms with Gasteiger partial charge in [0.25, 0.3) is 0 Å². The predicted octanol–water partition coefficient (Wildman–Crippen LogP) is 1.65. The molecule has 1 aromatic rings. The fourth-order valence-corrected chi connectivity index (χ4v) is 2.11. The predicted molar refractivity (Wildman–Crippen MR) is 77.5 cm³/mol. The Bertz CT molecular complexity index is 363. The molecule has 1 aromatic heterocycles. The van der Waals surface area contributed by atoms with Crippen LogP contribution >= 0.6 is 12.4 Å². The van der Waals surface area contributed by atoms with E-state index in [1.807, 2.05) is 25.1 Å². The molecule has 0 unspecified atom stereocenters. The topological polar surface area (TPSA) is 67.1 Å². The standard InChI is InChI=1S/C12H21N5.ClH/c1-17(2)11-7-8-14-12(16-11)15-10-5-3-9(13)4-6-10;/h7-10H,3-6,13H2,1-2H3,(H,14,15,16);1H/t9-,10+;. The number of hydrogen-bond donors (Lipinski definition) is 2. The molecule has 1 saturated carbocycles. The van der Waals surface area contributed by atoms with Crippen LogP contribution in [0.1, 0.15) is 25.7 Å². The average Bonchev–Trinajstić information content (AvgIpc) is 2.32. The smallest absolute Gasteiger partial charge is 0.224 e. The minimum Gasteiger partial charge on any atom is -0.363 e. The summed E-state index contributed by atoms with van der Waals surface area (Å²) in [6.45, 7) is 0. The Morgan fingerprint density at radius 2 is 1.94 bits per heavy atom. The number of anilines is 2. The van der Waals surface area contributed by atoms with Gasteiger partial charge in [0, 0.05) is 32.4 Å². The van der Waals surface area contributed by atoms with Crippen molar-refractivity contribution in [1.29, 1.82) is 0 Å². The van der Waals surface area contributed by atoms with Crippen LogP contribution in [0.15, 0.2) is 12.3 Å². The van der Waals surface area contributed by atoms with Crippen LogP contribution in [0.4, 0.5) is 11.8 Å². The third kappa shape index (κ3) is 3.99. The highest BCUT2D eigenvalue weighted by Crippen LogP contribution is 2.20. The molecule has 0 radical (unpaired) electrons. The highest BCUT2D eigenvalue weighted by Gasteiger charge is 2.18. The summed E-state index contributed by atoms with van der Waals surface area (Å²) in [5.41, 5.74) is 5.89. The Balaban J connectivity index is 0.00000162. The summed E-state index contributed by atoms with van der Waals surface area (Å²) in [4.78, 5) is 10.7. The summed E-state index contributed by atoms with van der Waals surface area (Å²) in [6.07, 6.45) is 6.18. The van der Waals surface area contributed by atoms with E-state index < -0.39 is 0 Å². The van der Waals surface area contributed by atoms with Crippen LogP contribution in [-0.2, 0) is 0 Å². The SMILES string of the molecule is CN(C)c1ccnc(N[C@H]2CC[C@@H](N)CC2)n1.Cl. The first-order valence-electron chi connectivity index (χ1n) is 6.17. The van der Waals surface area contributed by atoms with Gasteiger partial charge in [-0.15, -0.1) is 12.4 Å². The van der Waals surface area contributed by atoms with E-state index in [0.717, 1.165) is 37.4 Å². The third-order valence-electron chi connectivity index (χ3n) is 3.20. The second kappa shape index (κ2) is 6.75. The lowest BCUT2D eigenvalue weighted by atomic mass is 9.92. The van der Waals surface area contributed by atoms with E-state index in [0.29, 0.717) is 12.1 Å². The third-order valence-corrected chi connectivity index (χ3v) is 3.20. The van der Waals surface area contributed by atoms with E-state index in [1.54, 1.807) is 6.20 Å². The normalized spacial score (nSPS) is 23.1. The van der Waals surface area contributed by atoms with Gasteiger partial charge in [-0.3, -0.25) is 0 Å². The highest BCUT2D eigenvalue weighted by atomic mass is 35.5. The van der Waals surface area contributed by atoms with E-state index in [-0.39, 0.29) is 12.4 Å². The molecule has 102 valence electrons. The molecule has 0 spiro atoms. The fourth-order valence-electron chi connectivity index (χ4n) is 2.11. The van der Waals surface area contributed by atoms with Crippen LogP contribution in [0.2, 0.25) is 0 Å². The molecule has 5 nitrogen and oxygen atoms in total. The average molecular weight is 272 g/mol.